The monoisotopic (exact) mass is 474 g/mol. The number of fused-ring (bicyclic) bond motifs is 1. The summed E-state index contributed by atoms with van der Waals surface area (Å²) in [7, 11) is 0. The van der Waals surface area contributed by atoms with Crippen molar-refractivity contribution in [1.29, 1.82) is 0 Å². The topological polar surface area (TPSA) is 47.0 Å². The first-order valence-corrected chi connectivity index (χ1v) is 13.4. The molecule has 35 heavy (non-hydrogen) atoms. The summed E-state index contributed by atoms with van der Waals surface area (Å²) in [6, 6.07) is 12.0. The van der Waals surface area contributed by atoms with Crippen molar-refractivity contribution in [2.24, 2.45) is 5.92 Å². The Kier molecular flexibility index (Phi) is 5.96. The molecule has 0 spiro atoms. The Hall–Kier alpha value is -2.93. The van der Waals surface area contributed by atoms with Gasteiger partial charge in [-0.1, -0.05) is 19.1 Å². The number of nitrogens with one attached hydrogen (secondary N) is 1. The number of amides is 1. The highest BCUT2D eigenvalue weighted by molar-refractivity contribution is 5.81. The van der Waals surface area contributed by atoms with E-state index in [1.54, 1.807) is 0 Å². The number of anilines is 1. The molecule has 4 heterocycles. The highest BCUT2D eigenvalue weighted by Gasteiger charge is 2.35. The van der Waals surface area contributed by atoms with Gasteiger partial charge in [-0.15, -0.1) is 0 Å². The summed E-state index contributed by atoms with van der Waals surface area (Å²) >= 11 is 0. The van der Waals surface area contributed by atoms with Gasteiger partial charge in [0, 0.05) is 75.2 Å². The van der Waals surface area contributed by atoms with Crippen LogP contribution in [0.2, 0.25) is 0 Å². The fourth-order valence-electron chi connectivity index (χ4n) is 5.91. The van der Waals surface area contributed by atoms with Crippen LogP contribution in [-0.2, 0) is 4.79 Å². The van der Waals surface area contributed by atoms with E-state index in [0.29, 0.717) is 17.9 Å². The zero-order chi connectivity index (χ0) is 23.9. The van der Waals surface area contributed by atoms with Crippen LogP contribution >= 0.6 is 0 Å². The zero-order valence-electron chi connectivity index (χ0n) is 21.1. The Morgan fingerprint density at radius 1 is 0.971 bits per heavy atom. The van der Waals surface area contributed by atoms with Crippen LogP contribution in [0.25, 0.3) is 16.8 Å². The van der Waals surface area contributed by atoms with Gasteiger partial charge in [-0.05, 0) is 56.1 Å². The maximum absolute atomic E-state index is 12.4. The molecular weight excluding hydrogens is 436 g/mol. The number of rotatable bonds is 5. The molecular formula is C28H38N6O. The van der Waals surface area contributed by atoms with Crippen molar-refractivity contribution < 1.29 is 4.79 Å². The van der Waals surface area contributed by atoms with Gasteiger partial charge in [0.1, 0.15) is 0 Å². The number of likely N-dealkylation sites (N-methyl/N-ethyl adjacent to an activating group) is 1. The third-order valence-electron chi connectivity index (χ3n) is 8.24. The molecule has 2 saturated heterocycles. The van der Waals surface area contributed by atoms with Crippen molar-refractivity contribution in [2.75, 3.05) is 69.2 Å². The van der Waals surface area contributed by atoms with Crippen LogP contribution in [-0.4, -0.2) is 90.2 Å². The summed E-state index contributed by atoms with van der Waals surface area (Å²) in [6.45, 7) is 13.3. The van der Waals surface area contributed by atoms with Crippen LogP contribution in [0.15, 0.2) is 42.6 Å². The second-order valence-corrected chi connectivity index (χ2v) is 10.5. The van der Waals surface area contributed by atoms with Crippen LogP contribution in [0.5, 0.6) is 0 Å². The Morgan fingerprint density at radius 2 is 1.71 bits per heavy atom. The SMILES string of the molecule is CCN1CCN(c2ccc(-c3cc4n(c3)NCC=C4N3CCN(C(=O)C4CC4)CC3)cc2)C[C@H]1C. The van der Waals surface area contributed by atoms with Crippen molar-refractivity contribution in [2.45, 2.75) is 32.7 Å². The normalized spacial score (nSPS) is 23.1. The number of piperazine rings is 2. The van der Waals surface area contributed by atoms with E-state index in [2.05, 4.69) is 86.2 Å². The molecule has 3 fully saturated rings. The summed E-state index contributed by atoms with van der Waals surface area (Å²) in [5.74, 6) is 0.690. The number of hydrogen-bond acceptors (Lipinski definition) is 5. The average Bonchev–Trinajstić information content (AvgIpc) is 3.66. The minimum atomic E-state index is 0.315. The van der Waals surface area contributed by atoms with E-state index < -0.39 is 0 Å². The lowest BCUT2D eigenvalue weighted by Crippen LogP contribution is -2.51. The average molecular weight is 475 g/mol. The first kappa shape index (κ1) is 22.5. The first-order chi connectivity index (χ1) is 17.1. The molecule has 1 saturated carbocycles. The molecule has 186 valence electrons. The molecule has 1 aliphatic carbocycles. The van der Waals surface area contributed by atoms with Crippen LogP contribution in [0.3, 0.4) is 0 Å². The number of nitrogens with zero attached hydrogens (tertiary/aromatic N) is 5. The van der Waals surface area contributed by atoms with Gasteiger partial charge < -0.3 is 20.1 Å². The molecule has 3 aliphatic heterocycles. The molecule has 0 unspecified atom stereocenters. The quantitative estimate of drug-likeness (QED) is 0.722. The lowest BCUT2D eigenvalue weighted by atomic mass is 10.1. The molecule has 0 radical (unpaired) electrons. The summed E-state index contributed by atoms with van der Waals surface area (Å²) in [6.07, 6.45) is 6.67. The van der Waals surface area contributed by atoms with E-state index in [1.807, 2.05) is 0 Å². The molecule has 1 aromatic carbocycles. The minimum Gasteiger partial charge on any atom is -0.369 e. The molecule has 1 atom stereocenters. The van der Waals surface area contributed by atoms with E-state index in [9.17, 15) is 4.79 Å². The third-order valence-corrected chi connectivity index (χ3v) is 8.24. The maximum atomic E-state index is 12.4. The van der Waals surface area contributed by atoms with E-state index >= 15 is 0 Å². The maximum Gasteiger partial charge on any atom is 0.225 e. The van der Waals surface area contributed by atoms with Crippen LogP contribution < -0.4 is 10.3 Å². The molecule has 1 amide bonds. The summed E-state index contributed by atoms with van der Waals surface area (Å²) in [5.41, 5.74) is 9.78. The van der Waals surface area contributed by atoms with Gasteiger partial charge in [0.2, 0.25) is 5.91 Å². The lowest BCUT2D eigenvalue weighted by molar-refractivity contribution is -0.133. The van der Waals surface area contributed by atoms with E-state index in [4.69, 9.17) is 0 Å². The van der Waals surface area contributed by atoms with Gasteiger partial charge in [0.15, 0.2) is 0 Å². The van der Waals surface area contributed by atoms with Gasteiger partial charge >= 0.3 is 0 Å². The highest BCUT2D eigenvalue weighted by atomic mass is 16.2. The van der Waals surface area contributed by atoms with Gasteiger partial charge in [-0.3, -0.25) is 14.4 Å². The molecule has 1 N–H and O–H groups in total. The highest BCUT2D eigenvalue weighted by Crippen LogP contribution is 2.33. The number of hydrogen-bond donors (Lipinski definition) is 1. The molecule has 7 nitrogen and oxygen atoms in total. The number of carbonyl (C=O) groups is 1. The van der Waals surface area contributed by atoms with Crippen molar-refractivity contribution in [3.8, 4) is 11.1 Å². The van der Waals surface area contributed by atoms with Crippen LogP contribution in [0.4, 0.5) is 5.69 Å². The summed E-state index contributed by atoms with van der Waals surface area (Å²) in [4.78, 5) is 22.0. The van der Waals surface area contributed by atoms with Crippen LogP contribution in [0.1, 0.15) is 32.4 Å². The number of aromatic nitrogens is 1. The fraction of sp³-hybridized carbons (Fsp3) is 0.536. The molecule has 4 aliphatic rings. The van der Waals surface area contributed by atoms with Crippen molar-refractivity contribution in [3.63, 3.8) is 0 Å². The molecule has 6 rings (SSSR count). The Balaban J connectivity index is 1.14. The van der Waals surface area contributed by atoms with E-state index in [-0.39, 0.29) is 0 Å². The summed E-state index contributed by atoms with van der Waals surface area (Å²) < 4.78 is 2.17. The van der Waals surface area contributed by atoms with Gasteiger partial charge in [-0.2, -0.15) is 0 Å². The fourth-order valence-corrected chi connectivity index (χ4v) is 5.91. The van der Waals surface area contributed by atoms with E-state index in [1.165, 1.54) is 28.2 Å². The standard InChI is InChI=1S/C28H38N6O/c1-3-30-12-17-33(19-21(30)2)25-8-6-22(7-9-25)24-18-27-26(10-11-29-34(27)20-24)31-13-15-32(16-14-31)28(35)23-4-5-23/h6-10,18,20-21,23,29H,3-5,11-17,19H2,1-2H3/t21-/m1/s1. The summed E-state index contributed by atoms with van der Waals surface area (Å²) in [5, 5.41) is 0. The van der Waals surface area contributed by atoms with Crippen LogP contribution in [0, 0.1) is 5.92 Å². The molecule has 7 heteroatoms. The Bertz CT molecular complexity index is 1090. The molecule has 2 aromatic rings. The predicted molar refractivity (Wildman–Crippen MR) is 142 cm³/mol. The van der Waals surface area contributed by atoms with E-state index in [0.717, 1.165) is 71.7 Å². The number of carbonyl (C=O) groups excluding carboxylic acids is 1. The molecule has 0 bridgehead atoms. The van der Waals surface area contributed by atoms with Gasteiger partial charge in [0.25, 0.3) is 0 Å². The smallest absolute Gasteiger partial charge is 0.225 e. The van der Waals surface area contributed by atoms with Crippen molar-refractivity contribution >= 4 is 17.3 Å². The minimum absolute atomic E-state index is 0.315. The van der Waals surface area contributed by atoms with Crippen molar-refractivity contribution in [3.05, 3.63) is 48.3 Å². The predicted octanol–water partition coefficient (Wildman–Crippen LogP) is 3.14. The number of benzene rings is 1. The zero-order valence-corrected chi connectivity index (χ0v) is 21.1. The Labute approximate surface area is 208 Å². The van der Waals surface area contributed by atoms with Gasteiger partial charge in [0.05, 0.1) is 17.9 Å². The second kappa shape index (κ2) is 9.26. The second-order valence-electron chi connectivity index (χ2n) is 10.5. The Morgan fingerprint density at radius 3 is 2.40 bits per heavy atom. The third kappa shape index (κ3) is 4.42. The molecule has 1 aromatic heterocycles. The lowest BCUT2D eigenvalue weighted by Gasteiger charge is -2.40. The van der Waals surface area contributed by atoms with Gasteiger partial charge in [-0.25, -0.2) is 0 Å². The van der Waals surface area contributed by atoms with Crippen molar-refractivity contribution in [1.82, 2.24) is 19.4 Å². The first-order valence-electron chi connectivity index (χ1n) is 13.4. The largest absolute Gasteiger partial charge is 0.369 e.